The number of rotatable bonds is 9. The summed E-state index contributed by atoms with van der Waals surface area (Å²) in [7, 11) is 0. The maximum absolute atomic E-state index is 13.0. The van der Waals surface area contributed by atoms with E-state index in [4.69, 9.17) is 9.47 Å². The van der Waals surface area contributed by atoms with Crippen molar-refractivity contribution in [3.63, 3.8) is 0 Å². The number of ether oxygens (including phenoxy) is 2. The van der Waals surface area contributed by atoms with Crippen molar-refractivity contribution in [2.24, 2.45) is 0 Å². The highest BCUT2D eigenvalue weighted by molar-refractivity contribution is 6.06. The third kappa shape index (κ3) is 6.67. The highest BCUT2D eigenvalue weighted by atomic mass is 19.1. The van der Waals surface area contributed by atoms with Crippen LogP contribution in [-0.4, -0.2) is 25.0 Å². The van der Waals surface area contributed by atoms with Crippen LogP contribution in [0.3, 0.4) is 0 Å². The molecule has 170 valence electrons. The van der Waals surface area contributed by atoms with Gasteiger partial charge < -0.3 is 20.1 Å². The minimum atomic E-state index is -0.399. The minimum Gasteiger partial charge on any atom is -0.492 e. The monoisotopic (exact) mass is 448 g/mol. The van der Waals surface area contributed by atoms with Crippen LogP contribution < -0.4 is 20.1 Å². The van der Waals surface area contributed by atoms with Gasteiger partial charge in [0.25, 0.3) is 5.91 Å². The summed E-state index contributed by atoms with van der Waals surface area (Å²) in [5, 5.41) is 5.61. The number of hydrogen-bond donors (Lipinski definition) is 2. The minimum absolute atomic E-state index is 0.294. The average Bonchev–Trinajstić information content (AvgIpc) is 2.82. The standard InChI is InChI=1S/C26H25FN2O4/c1-3-32-23-17-22(29-26(31)19-8-6-5-7-9-19)24(33-4-2)16-21(23)28-25(30)15-12-18-10-13-20(27)14-11-18/h5-17H,3-4H2,1-2H3,(H,28,30)(H,29,31)/b15-12+. The van der Waals surface area contributed by atoms with Gasteiger partial charge in [-0.25, -0.2) is 4.39 Å². The summed E-state index contributed by atoms with van der Waals surface area (Å²) in [6.45, 7) is 4.36. The number of carbonyl (C=O) groups excluding carboxylic acids is 2. The predicted octanol–water partition coefficient (Wildman–Crippen LogP) is 5.53. The fraction of sp³-hybridized carbons (Fsp3) is 0.154. The SMILES string of the molecule is CCOc1cc(NC(=O)c2ccccc2)c(OCC)cc1NC(=O)/C=C/c1ccc(F)cc1. The van der Waals surface area contributed by atoms with E-state index in [0.29, 0.717) is 47.2 Å². The van der Waals surface area contributed by atoms with Crippen molar-refractivity contribution in [1.29, 1.82) is 0 Å². The van der Waals surface area contributed by atoms with Crippen LogP contribution >= 0.6 is 0 Å². The van der Waals surface area contributed by atoms with Gasteiger partial charge in [0.15, 0.2) is 0 Å². The molecule has 0 bridgehead atoms. The number of benzene rings is 3. The van der Waals surface area contributed by atoms with E-state index in [-0.39, 0.29) is 11.7 Å². The highest BCUT2D eigenvalue weighted by Gasteiger charge is 2.16. The number of anilines is 2. The topological polar surface area (TPSA) is 76.7 Å². The Kier molecular flexibility index (Phi) is 8.18. The van der Waals surface area contributed by atoms with Crippen LogP contribution in [0.15, 0.2) is 72.8 Å². The van der Waals surface area contributed by atoms with E-state index in [1.54, 1.807) is 54.6 Å². The Labute approximate surface area is 192 Å². The average molecular weight is 448 g/mol. The van der Waals surface area contributed by atoms with Crippen molar-refractivity contribution in [3.8, 4) is 11.5 Å². The molecule has 0 saturated carbocycles. The van der Waals surface area contributed by atoms with E-state index in [9.17, 15) is 14.0 Å². The zero-order valence-electron chi connectivity index (χ0n) is 18.4. The lowest BCUT2D eigenvalue weighted by Crippen LogP contribution is -2.14. The van der Waals surface area contributed by atoms with Crippen LogP contribution in [-0.2, 0) is 4.79 Å². The first-order chi connectivity index (χ1) is 16.0. The Balaban J connectivity index is 1.84. The molecule has 2 N–H and O–H groups in total. The van der Waals surface area contributed by atoms with Crippen molar-refractivity contribution >= 4 is 29.3 Å². The summed E-state index contributed by atoms with van der Waals surface area (Å²) in [4.78, 5) is 25.1. The molecule has 0 aliphatic carbocycles. The molecule has 0 fully saturated rings. The number of nitrogens with one attached hydrogen (secondary N) is 2. The maximum Gasteiger partial charge on any atom is 0.255 e. The number of hydrogen-bond acceptors (Lipinski definition) is 4. The number of amides is 2. The molecule has 33 heavy (non-hydrogen) atoms. The third-order valence-corrected chi connectivity index (χ3v) is 4.52. The van der Waals surface area contributed by atoms with Gasteiger partial charge in [-0.3, -0.25) is 9.59 Å². The second-order valence-electron chi connectivity index (χ2n) is 6.90. The summed E-state index contributed by atoms with van der Waals surface area (Å²) >= 11 is 0. The Morgan fingerprint density at radius 1 is 0.848 bits per heavy atom. The first kappa shape index (κ1) is 23.5. The molecular weight excluding hydrogens is 423 g/mol. The predicted molar refractivity (Wildman–Crippen MR) is 127 cm³/mol. The van der Waals surface area contributed by atoms with Crippen molar-refractivity contribution in [2.75, 3.05) is 23.8 Å². The van der Waals surface area contributed by atoms with Gasteiger partial charge in [-0.05, 0) is 49.8 Å². The van der Waals surface area contributed by atoms with E-state index in [2.05, 4.69) is 10.6 Å². The van der Waals surface area contributed by atoms with Crippen LogP contribution in [0.2, 0.25) is 0 Å². The van der Waals surface area contributed by atoms with Crippen molar-refractivity contribution in [2.45, 2.75) is 13.8 Å². The molecular formula is C26H25FN2O4. The summed E-state index contributed by atoms with van der Waals surface area (Å²) in [5.74, 6) is -0.265. The van der Waals surface area contributed by atoms with Gasteiger partial charge in [0.05, 0.1) is 24.6 Å². The molecule has 0 aliphatic heterocycles. The van der Waals surface area contributed by atoms with Gasteiger partial charge in [0.2, 0.25) is 5.91 Å². The smallest absolute Gasteiger partial charge is 0.255 e. The van der Waals surface area contributed by atoms with Crippen molar-refractivity contribution in [3.05, 3.63) is 89.8 Å². The largest absolute Gasteiger partial charge is 0.492 e. The Morgan fingerprint density at radius 2 is 1.42 bits per heavy atom. The van der Waals surface area contributed by atoms with E-state index < -0.39 is 5.91 Å². The van der Waals surface area contributed by atoms with Gasteiger partial charge in [-0.2, -0.15) is 0 Å². The molecule has 0 heterocycles. The lowest BCUT2D eigenvalue weighted by Gasteiger charge is -2.17. The Hall–Kier alpha value is -4.13. The summed E-state index contributed by atoms with van der Waals surface area (Å²) in [6.07, 6.45) is 2.92. The zero-order valence-corrected chi connectivity index (χ0v) is 18.4. The molecule has 0 saturated heterocycles. The molecule has 7 heteroatoms. The second-order valence-corrected chi connectivity index (χ2v) is 6.90. The van der Waals surface area contributed by atoms with Gasteiger partial charge in [-0.15, -0.1) is 0 Å². The molecule has 3 aromatic carbocycles. The van der Waals surface area contributed by atoms with Crippen molar-refractivity contribution < 1.29 is 23.5 Å². The quantitative estimate of drug-likeness (QED) is 0.422. The van der Waals surface area contributed by atoms with Crippen LogP contribution in [0.25, 0.3) is 6.08 Å². The second kappa shape index (κ2) is 11.5. The van der Waals surface area contributed by atoms with Crippen LogP contribution in [0.1, 0.15) is 29.8 Å². The molecule has 0 spiro atoms. The first-order valence-electron chi connectivity index (χ1n) is 10.5. The first-order valence-corrected chi connectivity index (χ1v) is 10.5. The molecule has 0 radical (unpaired) electrons. The third-order valence-electron chi connectivity index (χ3n) is 4.52. The van der Waals surface area contributed by atoms with Gasteiger partial charge in [0, 0.05) is 23.8 Å². The molecule has 2 amide bonds. The molecule has 0 aromatic heterocycles. The van der Waals surface area contributed by atoms with Crippen molar-refractivity contribution in [1.82, 2.24) is 0 Å². The summed E-state index contributed by atoms with van der Waals surface area (Å²) in [5.41, 5.74) is 2.01. The fourth-order valence-electron chi connectivity index (χ4n) is 3.01. The fourth-order valence-corrected chi connectivity index (χ4v) is 3.01. The lowest BCUT2D eigenvalue weighted by atomic mass is 10.2. The van der Waals surface area contributed by atoms with Crippen LogP contribution in [0.4, 0.5) is 15.8 Å². The molecule has 3 aromatic rings. The van der Waals surface area contributed by atoms with Gasteiger partial charge in [0.1, 0.15) is 17.3 Å². The molecule has 3 rings (SSSR count). The Bertz CT molecular complexity index is 1130. The molecule has 6 nitrogen and oxygen atoms in total. The number of halogens is 1. The van der Waals surface area contributed by atoms with E-state index in [1.165, 1.54) is 18.2 Å². The number of carbonyl (C=O) groups is 2. The van der Waals surface area contributed by atoms with Crippen LogP contribution in [0.5, 0.6) is 11.5 Å². The van der Waals surface area contributed by atoms with Gasteiger partial charge in [-0.1, -0.05) is 30.3 Å². The van der Waals surface area contributed by atoms with Gasteiger partial charge >= 0.3 is 0 Å². The summed E-state index contributed by atoms with van der Waals surface area (Å²) in [6, 6.07) is 17.8. The Morgan fingerprint density at radius 3 is 2.00 bits per heavy atom. The van der Waals surface area contributed by atoms with Crippen LogP contribution in [0, 0.1) is 5.82 Å². The van der Waals surface area contributed by atoms with E-state index >= 15 is 0 Å². The molecule has 0 atom stereocenters. The normalized spacial score (nSPS) is 10.6. The van der Waals surface area contributed by atoms with E-state index in [0.717, 1.165) is 0 Å². The molecule has 0 unspecified atom stereocenters. The summed E-state index contributed by atoms with van der Waals surface area (Å²) < 4.78 is 24.4. The zero-order chi connectivity index (χ0) is 23.6. The maximum atomic E-state index is 13.0. The molecule has 0 aliphatic rings. The highest BCUT2D eigenvalue weighted by Crippen LogP contribution is 2.37. The lowest BCUT2D eigenvalue weighted by molar-refractivity contribution is -0.111. The van der Waals surface area contributed by atoms with E-state index in [1.807, 2.05) is 19.9 Å².